The number of sulfone groups is 1. The van der Waals surface area contributed by atoms with Crippen LogP contribution in [0.3, 0.4) is 0 Å². The zero-order valence-electron chi connectivity index (χ0n) is 16.3. The van der Waals surface area contributed by atoms with Gasteiger partial charge in [0, 0.05) is 23.5 Å². The highest BCUT2D eigenvalue weighted by atomic mass is 35.5. The number of aromatic nitrogens is 1. The van der Waals surface area contributed by atoms with E-state index in [-0.39, 0.29) is 17.4 Å². The van der Waals surface area contributed by atoms with Gasteiger partial charge in [0.2, 0.25) is 0 Å². The molecule has 3 rings (SSSR count). The van der Waals surface area contributed by atoms with Gasteiger partial charge in [-0.25, -0.2) is 13.4 Å². The number of thioether (sulfide) groups is 1. The lowest BCUT2D eigenvalue weighted by atomic mass is 10.2. The Morgan fingerprint density at radius 2 is 1.80 bits per heavy atom. The molecule has 0 unspecified atom stereocenters. The first-order valence-electron chi connectivity index (χ1n) is 9.26. The monoisotopic (exact) mass is 460 g/mol. The molecule has 0 saturated heterocycles. The van der Waals surface area contributed by atoms with Gasteiger partial charge >= 0.3 is 0 Å². The second-order valence-corrected chi connectivity index (χ2v) is 10.2. The maximum absolute atomic E-state index is 12.6. The number of hydrogen-bond donors (Lipinski definition) is 1. The van der Waals surface area contributed by atoms with Gasteiger partial charge in [0.25, 0.3) is 5.91 Å². The number of nitrogens with one attached hydrogen (secondary N) is 1. The Balaban J connectivity index is 1.63. The first-order chi connectivity index (χ1) is 14.4. The fraction of sp³-hybridized carbons (Fsp3) is 0.182. The molecule has 0 bridgehead atoms. The van der Waals surface area contributed by atoms with Crippen LogP contribution in [-0.4, -0.2) is 30.8 Å². The summed E-state index contributed by atoms with van der Waals surface area (Å²) in [7, 11) is -3.40. The molecule has 1 amide bonds. The van der Waals surface area contributed by atoms with Crippen LogP contribution in [0.2, 0.25) is 5.02 Å². The van der Waals surface area contributed by atoms with Crippen LogP contribution < -0.4 is 5.32 Å². The lowest BCUT2D eigenvalue weighted by molar-refractivity contribution is 0.0947. The number of halogens is 1. The van der Waals surface area contributed by atoms with Crippen molar-refractivity contribution < 1.29 is 13.2 Å². The number of nitrogens with zero attached hydrogens (tertiary/aromatic N) is 1. The van der Waals surface area contributed by atoms with Gasteiger partial charge in [-0.3, -0.25) is 4.79 Å². The molecule has 2 aromatic carbocycles. The third-order valence-electron chi connectivity index (χ3n) is 4.38. The first-order valence-corrected chi connectivity index (χ1v) is 12.3. The average Bonchev–Trinajstić information content (AvgIpc) is 2.73. The predicted octanol–water partition coefficient (Wildman–Crippen LogP) is 4.54. The van der Waals surface area contributed by atoms with Crippen molar-refractivity contribution >= 4 is 39.1 Å². The predicted molar refractivity (Wildman–Crippen MR) is 121 cm³/mol. The summed E-state index contributed by atoms with van der Waals surface area (Å²) in [5, 5.41) is 3.92. The Morgan fingerprint density at radius 1 is 1.07 bits per heavy atom. The highest BCUT2D eigenvalue weighted by Crippen LogP contribution is 2.22. The molecule has 0 fully saturated rings. The summed E-state index contributed by atoms with van der Waals surface area (Å²) in [6.45, 7) is 2.20. The SMILES string of the molecule is Cc1ccc(S(=O)(=O)CCSc2ncccc2C(=O)NCc2ccccc2Cl)cc1. The summed E-state index contributed by atoms with van der Waals surface area (Å²) >= 11 is 7.38. The summed E-state index contributed by atoms with van der Waals surface area (Å²) in [4.78, 5) is 17.2. The highest BCUT2D eigenvalue weighted by Gasteiger charge is 2.17. The van der Waals surface area contributed by atoms with Crippen molar-refractivity contribution in [3.05, 3.63) is 88.6 Å². The zero-order valence-corrected chi connectivity index (χ0v) is 18.7. The number of carbonyl (C=O) groups is 1. The van der Waals surface area contributed by atoms with Crippen molar-refractivity contribution in [2.45, 2.75) is 23.4 Å². The molecule has 1 aromatic heterocycles. The molecular formula is C22H21ClN2O3S2. The molecule has 30 heavy (non-hydrogen) atoms. The van der Waals surface area contributed by atoms with Crippen molar-refractivity contribution in [3.63, 3.8) is 0 Å². The molecule has 0 radical (unpaired) electrons. The Kier molecular flexibility index (Phi) is 7.53. The molecule has 1 N–H and O–H groups in total. The van der Waals surface area contributed by atoms with Crippen molar-refractivity contribution in [3.8, 4) is 0 Å². The number of hydrogen-bond acceptors (Lipinski definition) is 5. The van der Waals surface area contributed by atoms with E-state index in [9.17, 15) is 13.2 Å². The van der Waals surface area contributed by atoms with Crippen molar-refractivity contribution in [2.75, 3.05) is 11.5 Å². The molecule has 1 heterocycles. The second-order valence-electron chi connectivity index (χ2n) is 6.61. The van der Waals surface area contributed by atoms with Crippen LogP contribution >= 0.6 is 23.4 Å². The Bertz CT molecular complexity index is 1130. The number of aryl methyl sites for hydroxylation is 1. The van der Waals surface area contributed by atoms with Crippen molar-refractivity contribution in [2.24, 2.45) is 0 Å². The summed E-state index contributed by atoms with van der Waals surface area (Å²) < 4.78 is 25.0. The molecule has 3 aromatic rings. The number of amides is 1. The van der Waals surface area contributed by atoms with Crippen molar-refractivity contribution in [1.29, 1.82) is 0 Å². The minimum Gasteiger partial charge on any atom is -0.348 e. The van der Waals surface area contributed by atoms with Gasteiger partial charge in [0.1, 0.15) is 5.03 Å². The number of benzene rings is 2. The van der Waals surface area contributed by atoms with Gasteiger partial charge in [-0.05, 0) is 42.8 Å². The van der Waals surface area contributed by atoms with Gasteiger partial charge in [-0.15, -0.1) is 11.8 Å². The molecule has 156 valence electrons. The Labute approximate surface area is 185 Å². The normalized spacial score (nSPS) is 11.3. The van der Waals surface area contributed by atoms with Crippen LogP contribution in [0.25, 0.3) is 0 Å². The smallest absolute Gasteiger partial charge is 0.254 e. The van der Waals surface area contributed by atoms with E-state index < -0.39 is 9.84 Å². The Morgan fingerprint density at radius 3 is 2.53 bits per heavy atom. The minimum absolute atomic E-state index is 0.0437. The first kappa shape index (κ1) is 22.3. The standard InChI is InChI=1S/C22H21ClN2O3S2/c1-16-8-10-18(11-9-16)30(27,28)14-13-29-22-19(6-4-12-24-22)21(26)25-15-17-5-2-3-7-20(17)23/h2-12H,13-15H2,1H3,(H,25,26). The Hall–Kier alpha value is -2.35. The molecule has 0 aliphatic rings. The fourth-order valence-corrected chi connectivity index (χ4v) is 5.55. The lowest BCUT2D eigenvalue weighted by Crippen LogP contribution is -2.24. The second kappa shape index (κ2) is 10.1. The average molecular weight is 461 g/mol. The third kappa shape index (κ3) is 5.84. The van der Waals surface area contributed by atoms with Gasteiger partial charge in [-0.2, -0.15) is 0 Å². The zero-order chi connectivity index (χ0) is 21.6. The van der Waals surface area contributed by atoms with Crippen LogP contribution in [0.5, 0.6) is 0 Å². The van der Waals surface area contributed by atoms with E-state index in [1.165, 1.54) is 11.8 Å². The molecular weight excluding hydrogens is 440 g/mol. The van der Waals surface area contributed by atoms with Gasteiger partial charge < -0.3 is 5.32 Å². The molecule has 0 aliphatic heterocycles. The summed E-state index contributed by atoms with van der Waals surface area (Å²) in [6.07, 6.45) is 1.58. The van der Waals surface area contributed by atoms with E-state index in [0.29, 0.717) is 27.1 Å². The highest BCUT2D eigenvalue weighted by molar-refractivity contribution is 8.00. The minimum atomic E-state index is -3.40. The summed E-state index contributed by atoms with van der Waals surface area (Å²) in [5.74, 6) is -0.0392. The molecule has 0 aliphatic carbocycles. The van der Waals surface area contributed by atoms with Gasteiger partial charge in [0.05, 0.1) is 16.2 Å². The number of rotatable bonds is 8. The molecule has 8 heteroatoms. The van der Waals surface area contributed by atoms with E-state index >= 15 is 0 Å². The summed E-state index contributed by atoms with van der Waals surface area (Å²) in [6, 6.07) is 17.4. The fourth-order valence-electron chi connectivity index (χ4n) is 2.70. The molecule has 0 atom stereocenters. The maximum atomic E-state index is 12.6. The maximum Gasteiger partial charge on any atom is 0.254 e. The number of pyridine rings is 1. The van der Waals surface area contributed by atoms with E-state index in [0.717, 1.165) is 11.1 Å². The molecule has 5 nitrogen and oxygen atoms in total. The van der Waals surface area contributed by atoms with Crippen LogP contribution in [-0.2, 0) is 16.4 Å². The van der Waals surface area contributed by atoms with E-state index in [4.69, 9.17) is 11.6 Å². The third-order valence-corrected chi connectivity index (χ3v) is 7.75. The van der Waals surface area contributed by atoms with Crippen LogP contribution in [0.15, 0.2) is 76.8 Å². The quantitative estimate of drug-likeness (QED) is 0.499. The van der Waals surface area contributed by atoms with E-state index in [1.807, 2.05) is 25.1 Å². The van der Waals surface area contributed by atoms with Crippen molar-refractivity contribution in [1.82, 2.24) is 10.3 Å². The van der Waals surface area contributed by atoms with E-state index in [2.05, 4.69) is 10.3 Å². The van der Waals surface area contributed by atoms with Crippen LogP contribution in [0.1, 0.15) is 21.5 Å². The van der Waals surface area contributed by atoms with Gasteiger partial charge in [-0.1, -0.05) is 47.5 Å². The largest absolute Gasteiger partial charge is 0.348 e. The topological polar surface area (TPSA) is 76.1 Å². The lowest BCUT2D eigenvalue weighted by Gasteiger charge is -2.10. The van der Waals surface area contributed by atoms with Crippen LogP contribution in [0, 0.1) is 6.92 Å². The van der Waals surface area contributed by atoms with E-state index in [1.54, 1.807) is 48.7 Å². The molecule has 0 saturated carbocycles. The summed E-state index contributed by atoms with van der Waals surface area (Å²) in [5.41, 5.74) is 2.22. The van der Waals surface area contributed by atoms with Gasteiger partial charge in [0.15, 0.2) is 9.84 Å². The molecule has 0 spiro atoms. The number of carbonyl (C=O) groups excluding carboxylic acids is 1. The van der Waals surface area contributed by atoms with Crippen LogP contribution in [0.4, 0.5) is 0 Å².